The number of unbranched alkanes of at least 4 members (excludes halogenated alkanes) is 7. The molecule has 0 saturated carbocycles. The first kappa shape index (κ1) is 24.9. The SMILES string of the molecule is C[n+]1ccc(CCCc2cc[n+](CCCCCCCCCC[P+]([O-])(O)O)cc2)cc1. The van der Waals surface area contributed by atoms with Crippen LogP contribution in [0.15, 0.2) is 49.1 Å². The maximum Gasteiger partial charge on any atom is 0.230 e. The topological polar surface area (TPSA) is 71.3 Å². The molecule has 166 valence electrons. The van der Waals surface area contributed by atoms with Crippen LogP contribution in [0.2, 0.25) is 0 Å². The summed E-state index contributed by atoms with van der Waals surface area (Å²) in [5.41, 5.74) is 2.81. The molecule has 0 aliphatic heterocycles. The van der Waals surface area contributed by atoms with E-state index < -0.39 is 7.94 Å². The minimum absolute atomic E-state index is 0.0367. The van der Waals surface area contributed by atoms with Gasteiger partial charge in [-0.15, -0.1) is 0 Å². The van der Waals surface area contributed by atoms with E-state index in [0.717, 1.165) is 32.2 Å². The first-order chi connectivity index (χ1) is 14.4. The zero-order valence-electron chi connectivity index (χ0n) is 18.5. The molecule has 2 heterocycles. The van der Waals surface area contributed by atoms with Crippen LogP contribution in [-0.2, 0) is 26.4 Å². The van der Waals surface area contributed by atoms with Crippen molar-refractivity contribution in [2.45, 2.75) is 77.2 Å². The molecule has 0 radical (unpaired) electrons. The van der Waals surface area contributed by atoms with Gasteiger partial charge in [-0.2, -0.15) is 0 Å². The molecule has 0 fully saturated rings. The highest BCUT2D eigenvalue weighted by molar-refractivity contribution is 7.57. The van der Waals surface area contributed by atoms with Gasteiger partial charge in [0, 0.05) is 30.7 Å². The van der Waals surface area contributed by atoms with Crippen LogP contribution in [0.4, 0.5) is 0 Å². The average Bonchev–Trinajstić information content (AvgIpc) is 2.71. The number of rotatable bonds is 15. The highest BCUT2D eigenvalue weighted by Crippen LogP contribution is 2.39. The molecule has 2 aromatic heterocycles. The Hall–Kier alpha value is -1.39. The van der Waals surface area contributed by atoms with Gasteiger partial charge in [0.1, 0.15) is 19.8 Å². The van der Waals surface area contributed by atoms with E-state index >= 15 is 0 Å². The van der Waals surface area contributed by atoms with Gasteiger partial charge in [0.15, 0.2) is 24.8 Å². The fraction of sp³-hybridized carbons (Fsp3) is 0.583. The summed E-state index contributed by atoms with van der Waals surface area (Å²) in [5, 5.41) is 0. The van der Waals surface area contributed by atoms with E-state index in [4.69, 9.17) is 9.79 Å². The number of aromatic nitrogens is 2. The van der Waals surface area contributed by atoms with E-state index in [2.05, 4.69) is 58.2 Å². The number of hydrogen-bond acceptors (Lipinski definition) is 3. The second kappa shape index (κ2) is 13.8. The van der Waals surface area contributed by atoms with Crippen molar-refractivity contribution in [3.8, 4) is 0 Å². The zero-order valence-corrected chi connectivity index (χ0v) is 19.3. The quantitative estimate of drug-likeness (QED) is 0.257. The van der Waals surface area contributed by atoms with Crippen molar-refractivity contribution in [2.75, 3.05) is 6.16 Å². The first-order valence-electron chi connectivity index (χ1n) is 11.4. The minimum atomic E-state index is -3.79. The van der Waals surface area contributed by atoms with E-state index in [1.807, 2.05) is 7.05 Å². The van der Waals surface area contributed by atoms with E-state index in [-0.39, 0.29) is 6.16 Å². The summed E-state index contributed by atoms with van der Waals surface area (Å²) in [4.78, 5) is 28.4. The van der Waals surface area contributed by atoms with Gasteiger partial charge in [-0.1, -0.05) is 25.7 Å². The van der Waals surface area contributed by atoms with Crippen molar-refractivity contribution >= 4 is 7.94 Å². The van der Waals surface area contributed by atoms with Crippen LogP contribution in [0, 0.1) is 0 Å². The van der Waals surface area contributed by atoms with Crippen LogP contribution in [-0.4, -0.2) is 15.9 Å². The summed E-state index contributed by atoms with van der Waals surface area (Å²) in [6.07, 6.45) is 20.8. The Kier molecular flexibility index (Phi) is 11.5. The Labute approximate surface area is 182 Å². The lowest BCUT2D eigenvalue weighted by molar-refractivity contribution is -0.697. The Bertz CT molecular complexity index is 700. The highest BCUT2D eigenvalue weighted by atomic mass is 31.2. The number of aryl methyl sites for hydroxylation is 4. The molecule has 0 saturated heterocycles. The van der Waals surface area contributed by atoms with Crippen LogP contribution in [0.3, 0.4) is 0 Å². The van der Waals surface area contributed by atoms with Gasteiger partial charge < -0.3 is 4.89 Å². The Morgan fingerprint density at radius 1 is 0.700 bits per heavy atom. The monoisotopic (exact) mass is 434 g/mol. The van der Waals surface area contributed by atoms with Gasteiger partial charge >= 0.3 is 0 Å². The maximum atomic E-state index is 10.8. The normalized spacial score (nSPS) is 11.7. The molecule has 0 bridgehead atoms. The summed E-state index contributed by atoms with van der Waals surface area (Å²) < 4.78 is 4.35. The van der Waals surface area contributed by atoms with Crippen molar-refractivity contribution in [1.29, 1.82) is 0 Å². The third-order valence-electron chi connectivity index (χ3n) is 5.55. The summed E-state index contributed by atoms with van der Waals surface area (Å²) in [6.45, 7) is 1.07. The van der Waals surface area contributed by atoms with Gasteiger partial charge in [0.2, 0.25) is 7.94 Å². The van der Waals surface area contributed by atoms with Gasteiger partial charge in [0.05, 0.1) is 0 Å². The highest BCUT2D eigenvalue weighted by Gasteiger charge is 2.16. The third kappa shape index (κ3) is 11.7. The average molecular weight is 435 g/mol. The summed E-state index contributed by atoms with van der Waals surface area (Å²) >= 11 is 0. The smallest absolute Gasteiger partial charge is 0.230 e. The van der Waals surface area contributed by atoms with Crippen LogP contribution in [0.1, 0.15) is 68.9 Å². The van der Waals surface area contributed by atoms with Crippen molar-refractivity contribution in [3.63, 3.8) is 0 Å². The predicted octanol–water partition coefficient (Wildman–Crippen LogP) is 3.20. The Balaban J connectivity index is 1.48. The fourth-order valence-corrected chi connectivity index (χ4v) is 4.31. The van der Waals surface area contributed by atoms with Gasteiger partial charge in [-0.05, 0) is 49.7 Å². The molecule has 2 N–H and O–H groups in total. The minimum Gasteiger partial charge on any atom is -0.632 e. The van der Waals surface area contributed by atoms with E-state index in [1.54, 1.807) is 0 Å². The predicted molar refractivity (Wildman–Crippen MR) is 119 cm³/mol. The van der Waals surface area contributed by atoms with Crippen molar-refractivity contribution in [1.82, 2.24) is 0 Å². The van der Waals surface area contributed by atoms with E-state index in [0.29, 0.717) is 6.42 Å². The third-order valence-corrected chi connectivity index (χ3v) is 6.45. The molecule has 30 heavy (non-hydrogen) atoms. The van der Waals surface area contributed by atoms with Gasteiger partial charge in [0.25, 0.3) is 0 Å². The second-order valence-corrected chi connectivity index (χ2v) is 10.2. The van der Waals surface area contributed by atoms with E-state index in [9.17, 15) is 4.89 Å². The molecule has 0 aliphatic carbocycles. The molecule has 0 spiro atoms. The van der Waals surface area contributed by atoms with Crippen LogP contribution in [0.25, 0.3) is 0 Å². The lowest BCUT2D eigenvalue weighted by Crippen LogP contribution is -2.32. The second-order valence-electron chi connectivity index (χ2n) is 8.39. The fourth-order valence-electron chi connectivity index (χ4n) is 3.67. The maximum absolute atomic E-state index is 10.8. The molecule has 0 unspecified atom stereocenters. The van der Waals surface area contributed by atoms with Gasteiger partial charge in [-0.25, -0.2) is 18.9 Å². The standard InChI is InChI=1S/C24H37N2O3P/c1-25-18-13-23(14-19-25)11-10-12-24-15-20-26(21-16-24)17-8-6-4-2-3-5-7-9-22-30(27,28)29/h13-16,18-21H,2-12,17,22H2,1H3/p+2. The summed E-state index contributed by atoms with van der Waals surface area (Å²) in [6, 6.07) is 8.90. The number of hydrogen-bond donors (Lipinski definition) is 2. The molecule has 2 aromatic rings. The van der Waals surface area contributed by atoms with E-state index in [1.165, 1.54) is 49.7 Å². The lowest BCUT2D eigenvalue weighted by atomic mass is 10.1. The molecular weight excluding hydrogens is 395 g/mol. The Morgan fingerprint density at radius 2 is 1.17 bits per heavy atom. The number of nitrogens with zero attached hydrogens (tertiary/aromatic N) is 2. The summed E-state index contributed by atoms with van der Waals surface area (Å²) in [5.74, 6) is 0. The van der Waals surface area contributed by atoms with Crippen LogP contribution < -0.4 is 14.0 Å². The zero-order chi connectivity index (χ0) is 21.7. The van der Waals surface area contributed by atoms with Crippen molar-refractivity contribution in [2.24, 2.45) is 7.05 Å². The first-order valence-corrected chi connectivity index (χ1v) is 13.2. The largest absolute Gasteiger partial charge is 0.632 e. The Morgan fingerprint density at radius 3 is 1.70 bits per heavy atom. The van der Waals surface area contributed by atoms with Crippen LogP contribution in [0.5, 0.6) is 0 Å². The molecular formula is C24H39N2O3P+2. The molecule has 2 rings (SSSR count). The molecule has 0 aliphatic rings. The molecule has 6 heteroatoms. The molecule has 0 aromatic carbocycles. The molecule has 0 atom stereocenters. The molecule has 5 nitrogen and oxygen atoms in total. The number of pyridine rings is 2. The summed E-state index contributed by atoms with van der Waals surface area (Å²) in [7, 11) is -1.75. The van der Waals surface area contributed by atoms with Crippen molar-refractivity contribution in [3.05, 3.63) is 60.2 Å². The molecule has 0 amide bonds. The lowest BCUT2D eigenvalue weighted by Gasteiger charge is -2.14. The van der Waals surface area contributed by atoms with Crippen LogP contribution >= 0.6 is 7.94 Å². The van der Waals surface area contributed by atoms with Gasteiger partial charge in [-0.3, -0.25) is 0 Å². The van der Waals surface area contributed by atoms with Crippen molar-refractivity contribution < 1.29 is 23.8 Å².